The molecule has 2 aliphatic rings. The van der Waals surface area contributed by atoms with Gasteiger partial charge in [-0.3, -0.25) is 19.4 Å². The fraction of sp³-hybridized carbons (Fsp3) is 0.444. The number of primary amides is 1. The highest BCUT2D eigenvalue weighted by atomic mass is 19.1. The third-order valence-electron chi connectivity index (χ3n) is 4.82. The molecular weight excluding hydrogens is 353 g/mol. The van der Waals surface area contributed by atoms with Crippen molar-refractivity contribution in [1.29, 1.82) is 0 Å². The molecule has 3 rings (SSSR count). The lowest BCUT2D eigenvalue weighted by molar-refractivity contribution is -0.139. The molecule has 2 atom stereocenters. The van der Waals surface area contributed by atoms with Crippen LogP contribution in [0, 0.1) is 5.82 Å². The van der Waals surface area contributed by atoms with Gasteiger partial charge in [-0.25, -0.2) is 4.39 Å². The first-order valence-electron chi connectivity index (χ1n) is 8.73. The number of carbonyl (C=O) groups is 3. The van der Waals surface area contributed by atoms with E-state index >= 15 is 0 Å². The lowest BCUT2D eigenvalue weighted by Gasteiger charge is -2.26. The molecule has 0 radical (unpaired) electrons. The zero-order valence-corrected chi connectivity index (χ0v) is 15.3. The molecule has 0 bridgehead atoms. The Morgan fingerprint density at radius 3 is 2.44 bits per heavy atom. The number of benzene rings is 1. The third kappa shape index (κ3) is 3.62. The van der Waals surface area contributed by atoms with Crippen molar-refractivity contribution in [1.82, 2.24) is 9.80 Å². The summed E-state index contributed by atoms with van der Waals surface area (Å²) in [6, 6.07) is 4.07. The van der Waals surface area contributed by atoms with Crippen molar-refractivity contribution >= 4 is 29.1 Å². The Morgan fingerprint density at radius 1 is 1.19 bits per heavy atom. The number of halogens is 1. The highest BCUT2D eigenvalue weighted by Crippen LogP contribution is 2.27. The van der Waals surface area contributed by atoms with Gasteiger partial charge in [0, 0.05) is 27.1 Å². The number of nitrogens with two attached hydrogens (primary N) is 1. The molecular formula is C18H22FN5O3. The Bertz CT molecular complexity index is 793. The average molecular weight is 375 g/mol. The standard InChI is InChI=1S/C18H22FN5O3/c1-22(2)18(27)14-4-3-9-23(14)17(26)13-10-15(16(20)25)24(21-13)12-7-5-11(19)6-8-12/h5-8,14-15H,3-4,9-10H2,1-2H3,(H2,20,25)/t14-,15-/m0/s1. The number of hydrogen-bond donors (Lipinski definition) is 1. The minimum atomic E-state index is -0.833. The first kappa shape index (κ1) is 18.8. The summed E-state index contributed by atoms with van der Waals surface area (Å²) in [5.74, 6) is -1.56. The van der Waals surface area contributed by atoms with Crippen molar-refractivity contribution in [3.05, 3.63) is 30.1 Å². The van der Waals surface area contributed by atoms with E-state index in [9.17, 15) is 18.8 Å². The maximum absolute atomic E-state index is 13.2. The van der Waals surface area contributed by atoms with E-state index in [1.165, 1.54) is 39.1 Å². The number of carbonyl (C=O) groups excluding carboxylic acids is 3. The van der Waals surface area contributed by atoms with Crippen molar-refractivity contribution in [2.45, 2.75) is 31.3 Å². The van der Waals surface area contributed by atoms with Gasteiger partial charge in [0.1, 0.15) is 23.6 Å². The summed E-state index contributed by atoms with van der Waals surface area (Å²) >= 11 is 0. The summed E-state index contributed by atoms with van der Waals surface area (Å²) in [5, 5.41) is 5.63. The number of rotatable bonds is 4. The summed E-state index contributed by atoms with van der Waals surface area (Å²) in [4.78, 5) is 40.1. The average Bonchev–Trinajstić information content (AvgIpc) is 3.28. The Morgan fingerprint density at radius 2 is 1.85 bits per heavy atom. The predicted molar refractivity (Wildman–Crippen MR) is 97.3 cm³/mol. The summed E-state index contributed by atoms with van der Waals surface area (Å²) in [7, 11) is 3.30. The Labute approximate surface area is 156 Å². The van der Waals surface area contributed by atoms with E-state index in [4.69, 9.17) is 5.73 Å². The highest BCUT2D eigenvalue weighted by molar-refractivity contribution is 6.40. The number of nitrogens with zero attached hydrogens (tertiary/aromatic N) is 4. The fourth-order valence-electron chi connectivity index (χ4n) is 3.42. The molecule has 0 aromatic heterocycles. The van der Waals surface area contributed by atoms with E-state index in [0.717, 1.165) is 6.42 Å². The van der Waals surface area contributed by atoms with Crippen LogP contribution in [0.1, 0.15) is 19.3 Å². The predicted octanol–water partition coefficient (Wildman–Crippen LogP) is 0.325. The first-order valence-corrected chi connectivity index (χ1v) is 8.73. The molecule has 0 unspecified atom stereocenters. The first-order chi connectivity index (χ1) is 12.8. The van der Waals surface area contributed by atoms with E-state index in [1.54, 1.807) is 14.1 Å². The molecule has 1 saturated heterocycles. The van der Waals surface area contributed by atoms with Crippen LogP contribution >= 0.6 is 0 Å². The number of hydrogen-bond acceptors (Lipinski definition) is 5. The molecule has 2 N–H and O–H groups in total. The Balaban J connectivity index is 1.86. The van der Waals surface area contributed by atoms with Crippen molar-refractivity contribution in [3.8, 4) is 0 Å². The summed E-state index contributed by atoms with van der Waals surface area (Å²) in [6.45, 7) is 0.458. The van der Waals surface area contributed by atoms with Gasteiger partial charge in [0.05, 0.1) is 5.69 Å². The minimum Gasteiger partial charge on any atom is -0.368 e. The van der Waals surface area contributed by atoms with Gasteiger partial charge >= 0.3 is 0 Å². The van der Waals surface area contributed by atoms with Crippen LogP contribution in [0.4, 0.5) is 10.1 Å². The second-order valence-corrected chi connectivity index (χ2v) is 6.88. The van der Waals surface area contributed by atoms with Gasteiger partial charge in [-0.1, -0.05) is 0 Å². The Kier molecular flexibility index (Phi) is 5.11. The molecule has 27 heavy (non-hydrogen) atoms. The van der Waals surface area contributed by atoms with Gasteiger partial charge in [-0.15, -0.1) is 0 Å². The molecule has 0 saturated carbocycles. The summed E-state index contributed by atoms with van der Waals surface area (Å²) < 4.78 is 13.2. The van der Waals surface area contributed by atoms with Gasteiger partial charge in [-0.2, -0.15) is 5.10 Å². The molecule has 3 amide bonds. The molecule has 1 fully saturated rings. The van der Waals surface area contributed by atoms with E-state index in [1.807, 2.05) is 0 Å². The van der Waals surface area contributed by atoms with E-state index in [2.05, 4.69) is 5.10 Å². The van der Waals surface area contributed by atoms with Crippen LogP contribution in [0.2, 0.25) is 0 Å². The molecule has 8 nitrogen and oxygen atoms in total. The molecule has 2 heterocycles. The van der Waals surface area contributed by atoms with E-state index in [0.29, 0.717) is 18.7 Å². The maximum atomic E-state index is 13.2. The highest BCUT2D eigenvalue weighted by Gasteiger charge is 2.41. The quantitative estimate of drug-likeness (QED) is 0.819. The zero-order valence-electron chi connectivity index (χ0n) is 15.3. The van der Waals surface area contributed by atoms with Gasteiger partial charge in [0.2, 0.25) is 11.8 Å². The van der Waals surface area contributed by atoms with Gasteiger partial charge < -0.3 is 15.5 Å². The number of likely N-dealkylation sites (N-methyl/N-ethyl adjacent to an activating group) is 1. The summed E-state index contributed by atoms with van der Waals surface area (Å²) in [5.41, 5.74) is 6.10. The molecule has 0 spiro atoms. The van der Waals surface area contributed by atoms with Crippen LogP contribution in [0.15, 0.2) is 29.4 Å². The lowest BCUT2D eigenvalue weighted by Crippen LogP contribution is -2.47. The van der Waals surface area contributed by atoms with Gasteiger partial charge in [0.15, 0.2) is 0 Å². The molecule has 1 aromatic carbocycles. The molecule has 1 aromatic rings. The number of anilines is 1. The molecule has 9 heteroatoms. The second kappa shape index (κ2) is 7.34. The van der Waals surface area contributed by atoms with Crippen LogP contribution in [0.25, 0.3) is 0 Å². The molecule has 144 valence electrons. The Hall–Kier alpha value is -2.97. The minimum absolute atomic E-state index is 0.0465. The van der Waals surface area contributed by atoms with Crippen LogP contribution in [0.5, 0.6) is 0 Å². The largest absolute Gasteiger partial charge is 0.368 e. The third-order valence-corrected chi connectivity index (χ3v) is 4.82. The maximum Gasteiger partial charge on any atom is 0.270 e. The normalized spacial score (nSPS) is 22.0. The van der Waals surface area contributed by atoms with Crippen LogP contribution < -0.4 is 10.7 Å². The smallest absolute Gasteiger partial charge is 0.270 e. The fourth-order valence-corrected chi connectivity index (χ4v) is 3.42. The van der Waals surface area contributed by atoms with Crippen LogP contribution in [-0.2, 0) is 14.4 Å². The molecule has 2 aliphatic heterocycles. The number of amides is 3. The van der Waals surface area contributed by atoms with Gasteiger partial charge in [-0.05, 0) is 37.1 Å². The van der Waals surface area contributed by atoms with Gasteiger partial charge in [0.25, 0.3) is 5.91 Å². The van der Waals surface area contributed by atoms with Crippen molar-refractivity contribution < 1.29 is 18.8 Å². The van der Waals surface area contributed by atoms with Crippen molar-refractivity contribution in [3.63, 3.8) is 0 Å². The number of likely N-dealkylation sites (tertiary alicyclic amines) is 1. The van der Waals surface area contributed by atoms with Crippen LogP contribution in [-0.4, -0.2) is 66.0 Å². The molecule has 0 aliphatic carbocycles. The second-order valence-electron chi connectivity index (χ2n) is 6.88. The topological polar surface area (TPSA) is 99.3 Å². The van der Waals surface area contributed by atoms with Crippen molar-refractivity contribution in [2.24, 2.45) is 10.8 Å². The van der Waals surface area contributed by atoms with E-state index in [-0.39, 0.29) is 23.9 Å². The summed E-state index contributed by atoms with van der Waals surface area (Å²) in [6.07, 6.45) is 1.37. The zero-order chi connectivity index (χ0) is 19.7. The number of hydrazone groups is 1. The monoisotopic (exact) mass is 375 g/mol. The lowest BCUT2D eigenvalue weighted by atomic mass is 10.1. The van der Waals surface area contributed by atoms with Crippen molar-refractivity contribution in [2.75, 3.05) is 25.6 Å². The van der Waals surface area contributed by atoms with E-state index < -0.39 is 23.8 Å². The van der Waals surface area contributed by atoms with Crippen LogP contribution in [0.3, 0.4) is 0 Å². The SMILES string of the molecule is CN(C)C(=O)[C@@H]1CCCN1C(=O)C1=NN(c2ccc(F)cc2)[C@H](C(N)=O)C1.